The summed E-state index contributed by atoms with van der Waals surface area (Å²) in [4.78, 5) is 14.6. The molecule has 1 fully saturated rings. The zero-order valence-electron chi connectivity index (χ0n) is 14.3. The SMILES string of the molecule is O=C(NCc1ccc(N2CCC(O)CC2)c(F)c1)c1sccc1SC(F)F. The Labute approximate surface area is 163 Å². The third-order valence-corrected chi connectivity index (χ3v) is 6.14. The van der Waals surface area contributed by atoms with Gasteiger partial charge in [-0.3, -0.25) is 4.79 Å². The third kappa shape index (κ3) is 5.18. The lowest BCUT2D eigenvalue weighted by molar-refractivity contribution is 0.0952. The molecular weight excluding hydrogens is 397 g/mol. The number of rotatable bonds is 6. The number of nitrogens with zero attached hydrogens (tertiary/aromatic N) is 1. The Balaban J connectivity index is 1.61. The van der Waals surface area contributed by atoms with Crippen molar-refractivity contribution in [2.75, 3.05) is 18.0 Å². The fraction of sp³-hybridized carbons (Fsp3) is 0.389. The topological polar surface area (TPSA) is 52.6 Å². The van der Waals surface area contributed by atoms with Crippen molar-refractivity contribution >= 4 is 34.7 Å². The van der Waals surface area contributed by atoms with Crippen LogP contribution < -0.4 is 10.2 Å². The molecule has 0 spiro atoms. The van der Waals surface area contributed by atoms with Crippen molar-refractivity contribution in [1.82, 2.24) is 5.32 Å². The van der Waals surface area contributed by atoms with Crippen LogP contribution in [0, 0.1) is 5.82 Å². The van der Waals surface area contributed by atoms with Crippen LogP contribution in [0.3, 0.4) is 0 Å². The number of amides is 1. The summed E-state index contributed by atoms with van der Waals surface area (Å²) in [6.07, 6.45) is 0.887. The minimum atomic E-state index is -2.59. The number of benzene rings is 1. The maximum Gasteiger partial charge on any atom is 0.288 e. The van der Waals surface area contributed by atoms with E-state index in [0.717, 1.165) is 11.3 Å². The van der Waals surface area contributed by atoms with Gasteiger partial charge >= 0.3 is 0 Å². The van der Waals surface area contributed by atoms with Gasteiger partial charge in [0.1, 0.15) is 10.7 Å². The fourth-order valence-corrected chi connectivity index (χ4v) is 4.55. The molecule has 1 aromatic carbocycles. The fourth-order valence-electron chi connectivity index (χ4n) is 2.94. The monoisotopic (exact) mass is 416 g/mol. The van der Waals surface area contributed by atoms with Crippen molar-refractivity contribution < 1.29 is 23.1 Å². The van der Waals surface area contributed by atoms with Crippen LogP contribution in [0.1, 0.15) is 28.1 Å². The average Bonchev–Trinajstić information content (AvgIpc) is 3.08. The van der Waals surface area contributed by atoms with E-state index in [1.165, 1.54) is 12.1 Å². The van der Waals surface area contributed by atoms with Crippen molar-refractivity contribution in [2.45, 2.75) is 36.1 Å². The maximum atomic E-state index is 14.4. The molecule has 0 aliphatic carbocycles. The Morgan fingerprint density at radius 1 is 1.33 bits per heavy atom. The quantitative estimate of drug-likeness (QED) is 0.697. The second kappa shape index (κ2) is 8.99. The number of alkyl halides is 2. The molecule has 1 aromatic heterocycles. The molecule has 1 saturated heterocycles. The Morgan fingerprint density at radius 2 is 2.07 bits per heavy atom. The zero-order valence-corrected chi connectivity index (χ0v) is 16.0. The Kier molecular flexibility index (Phi) is 6.67. The van der Waals surface area contributed by atoms with Crippen LogP contribution in [-0.4, -0.2) is 36.0 Å². The van der Waals surface area contributed by atoms with Crippen molar-refractivity contribution in [3.05, 3.63) is 45.9 Å². The summed E-state index contributed by atoms with van der Waals surface area (Å²) >= 11 is 1.43. The third-order valence-electron chi connectivity index (χ3n) is 4.32. The molecule has 0 saturated carbocycles. The average molecular weight is 416 g/mol. The highest BCUT2D eigenvalue weighted by molar-refractivity contribution is 7.99. The van der Waals surface area contributed by atoms with Crippen LogP contribution in [0.4, 0.5) is 18.9 Å². The van der Waals surface area contributed by atoms with E-state index in [4.69, 9.17) is 0 Å². The predicted octanol–water partition coefficient (Wildman–Crippen LogP) is 4.09. The lowest BCUT2D eigenvalue weighted by Crippen LogP contribution is -2.36. The first kappa shape index (κ1) is 20.0. The van der Waals surface area contributed by atoms with E-state index < -0.39 is 11.7 Å². The number of piperidine rings is 1. The van der Waals surface area contributed by atoms with Gasteiger partial charge in [0.2, 0.25) is 0 Å². The van der Waals surface area contributed by atoms with Crippen molar-refractivity contribution in [3.63, 3.8) is 0 Å². The van der Waals surface area contributed by atoms with Gasteiger partial charge in [0.25, 0.3) is 11.7 Å². The first-order valence-corrected chi connectivity index (χ1v) is 10.2. The lowest BCUT2D eigenvalue weighted by Gasteiger charge is -2.31. The second-order valence-corrected chi connectivity index (χ2v) is 8.13. The number of hydrogen-bond acceptors (Lipinski definition) is 5. The Bertz CT molecular complexity index is 793. The summed E-state index contributed by atoms with van der Waals surface area (Å²) in [7, 11) is 0. The summed E-state index contributed by atoms with van der Waals surface area (Å²) in [6.45, 7) is 1.29. The lowest BCUT2D eigenvalue weighted by atomic mass is 10.1. The largest absolute Gasteiger partial charge is 0.393 e. The molecule has 2 heterocycles. The van der Waals surface area contributed by atoms with Crippen molar-refractivity contribution in [1.29, 1.82) is 0 Å². The van der Waals surface area contributed by atoms with Gasteiger partial charge in [0.05, 0.1) is 11.8 Å². The molecule has 9 heteroatoms. The summed E-state index contributed by atoms with van der Waals surface area (Å²) in [5.74, 6) is -3.44. The number of hydrogen-bond donors (Lipinski definition) is 2. The normalized spacial score (nSPS) is 15.4. The van der Waals surface area contributed by atoms with E-state index in [2.05, 4.69) is 5.32 Å². The first-order chi connectivity index (χ1) is 12.9. The summed E-state index contributed by atoms with van der Waals surface area (Å²) in [5, 5.41) is 13.8. The number of halogens is 3. The number of nitrogens with one attached hydrogen (secondary N) is 1. The van der Waals surface area contributed by atoms with Gasteiger partial charge in [0.15, 0.2) is 0 Å². The second-order valence-electron chi connectivity index (χ2n) is 6.18. The molecule has 146 valence electrons. The van der Waals surface area contributed by atoms with Gasteiger partial charge in [-0.05, 0) is 42.0 Å². The Hall–Kier alpha value is -1.71. The molecule has 27 heavy (non-hydrogen) atoms. The molecule has 1 aliphatic heterocycles. The van der Waals surface area contributed by atoms with Crippen LogP contribution in [0.5, 0.6) is 0 Å². The van der Waals surface area contributed by atoms with Crippen molar-refractivity contribution in [2.24, 2.45) is 0 Å². The van der Waals surface area contributed by atoms with Crippen molar-refractivity contribution in [3.8, 4) is 0 Å². The molecule has 3 rings (SSSR count). The smallest absolute Gasteiger partial charge is 0.288 e. The molecule has 1 amide bonds. The number of thiophene rings is 1. The molecular formula is C18H19F3N2O2S2. The molecule has 0 atom stereocenters. The number of carbonyl (C=O) groups excluding carboxylic acids is 1. The molecule has 4 nitrogen and oxygen atoms in total. The predicted molar refractivity (Wildman–Crippen MR) is 101 cm³/mol. The van der Waals surface area contributed by atoms with Gasteiger partial charge in [0, 0.05) is 24.5 Å². The maximum absolute atomic E-state index is 14.4. The first-order valence-electron chi connectivity index (χ1n) is 8.46. The number of thioether (sulfide) groups is 1. The van der Waals surface area contributed by atoms with Crippen LogP contribution in [0.15, 0.2) is 34.5 Å². The minimum Gasteiger partial charge on any atom is -0.393 e. The highest BCUT2D eigenvalue weighted by Gasteiger charge is 2.20. The summed E-state index contributed by atoms with van der Waals surface area (Å²) < 4.78 is 39.5. The van der Waals surface area contributed by atoms with Gasteiger partial charge in [-0.15, -0.1) is 11.3 Å². The summed E-state index contributed by atoms with van der Waals surface area (Å²) in [6, 6.07) is 6.25. The number of aliphatic hydroxyl groups is 1. The molecule has 0 unspecified atom stereocenters. The van der Waals surface area contributed by atoms with Gasteiger partial charge < -0.3 is 15.3 Å². The van der Waals surface area contributed by atoms with Crippen LogP contribution in [-0.2, 0) is 6.54 Å². The highest BCUT2D eigenvalue weighted by Crippen LogP contribution is 2.32. The van der Waals surface area contributed by atoms with E-state index in [1.54, 1.807) is 17.5 Å². The standard InChI is InChI=1S/C18H19F3N2O2S2/c19-13-9-11(1-2-14(13)23-6-3-12(24)4-7-23)10-22-17(25)16-15(5-8-26-16)27-18(20)21/h1-2,5,8-9,12,18,24H,3-4,6-7,10H2,(H,22,25). The van der Waals surface area contributed by atoms with Gasteiger partial charge in [-0.25, -0.2) is 4.39 Å². The molecule has 1 aliphatic rings. The Morgan fingerprint density at radius 3 is 2.74 bits per heavy atom. The molecule has 2 aromatic rings. The molecule has 2 N–H and O–H groups in total. The van der Waals surface area contributed by atoms with E-state index in [9.17, 15) is 23.1 Å². The summed E-state index contributed by atoms with van der Waals surface area (Å²) in [5.41, 5.74) is 1.06. The number of anilines is 1. The van der Waals surface area contributed by atoms with Crippen LogP contribution in [0.25, 0.3) is 0 Å². The van der Waals surface area contributed by atoms with E-state index in [-0.39, 0.29) is 28.2 Å². The highest BCUT2D eigenvalue weighted by atomic mass is 32.2. The zero-order chi connectivity index (χ0) is 19.4. The van der Waals surface area contributed by atoms with E-state index in [0.29, 0.717) is 48.9 Å². The molecule has 0 bridgehead atoms. The van der Waals surface area contributed by atoms with Gasteiger partial charge in [-0.2, -0.15) is 8.78 Å². The van der Waals surface area contributed by atoms with Crippen LogP contribution >= 0.6 is 23.1 Å². The molecule has 0 radical (unpaired) electrons. The van der Waals surface area contributed by atoms with E-state index in [1.807, 2.05) is 4.90 Å². The number of aliphatic hydroxyl groups excluding tert-OH is 1. The van der Waals surface area contributed by atoms with Gasteiger partial charge in [-0.1, -0.05) is 17.8 Å². The number of carbonyl (C=O) groups is 1. The minimum absolute atomic E-state index is 0.103. The van der Waals surface area contributed by atoms with Crippen LogP contribution in [0.2, 0.25) is 0 Å². The van der Waals surface area contributed by atoms with E-state index >= 15 is 0 Å².